The first kappa shape index (κ1) is 94.3. The van der Waals surface area contributed by atoms with Gasteiger partial charge in [0, 0.05) is 62.6 Å². The maximum absolute atomic E-state index is 16.8. The van der Waals surface area contributed by atoms with E-state index in [-0.39, 0.29) is 52.1 Å². The number of carbonyl (C=O) groups is 11. The lowest BCUT2D eigenvalue weighted by Gasteiger charge is -2.67. The quantitative estimate of drug-likeness (QED) is 0.00813. The topological polar surface area (TPSA) is 378 Å². The van der Waals surface area contributed by atoms with Crippen molar-refractivity contribution >= 4 is 78.7 Å². The number of nitrogens with one attached hydrogen (secondary N) is 2. The van der Waals surface area contributed by atoms with E-state index in [1.807, 2.05) is 21.1 Å². The Bertz CT molecular complexity index is 4460. The molecule has 1 aliphatic heterocycles. The number of fused-ring (bicyclic) bond motifs is 5. The van der Waals surface area contributed by atoms with Crippen LogP contribution in [0.3, 0.4) is 0 Å². The van der Waals surface area contributed by atoms with Crippen LogP contribution in [0.1, 0.15) is 250 Å². The van der Waals surface area contributed by atoms with Gasteiger partial charge < -0.3 is 77.2 Å². The van der Waals surface area contributed by atoms with Crippen molar-refractivity contribution in [1.82, 2.24) is 5.32 Å². The predicted molar refractivity (Wildman–Crippen MR) is 438 cm³/mol. The molecule has 3 N–H and O–H groups in total. The average molecular weight is 1680 g/mol. The molecule has 2 saturated carbocycles. The van der Waals surface area contributed by atoms with Crippen LogP contribution in [0, 0.1) is 16.7 Å². The molecule has 120 heavy (non-hydrogen) atoms. The number of unbranched alkanes of at least 4 members (excludes halogenated alkanes) is 14. The van der Waals surface area contributed by atoms with Crippen molar-refractivity contribution in [3.8, 4) is 0 Å². The van der Waals surface area contributed by atoms with Crippen molar-refractivity contribution in [1.29, 1.82) is 0 Å². The number of aliphatic hydroxyl groups is 1. The Morgan fingerprint density at radius 3 is 1.77 bits per heavy atom. The largest absolute Gasteiger partial charge is 0.756 e. The Morgan fingerprint density at radius 1 is 0.650 bits per heavy atom. The molecular weight excluding hydrogens is 1560 g/mol. The SMILES string of the molecule is CCCCCCCCCCCCCCCCCC(OP(=O)([O-])OCC[N+](C)(C)C)c1ccc(NC(=O)CCC(=O)O[C@@H](C(=O)O[C@H]2C[C@@]3(O)[C@@H](OC(=O)c4ccccc4)C4[C@](C)(C(=O)[C@H](OC(C)=O)C(=C2C)C3(C)C)[C@@H](OC(=O)CCC(=O)Cc2ccc(C(=O)[O-])cc2)C[C@H]2OC[C@@]42OC(C)=O)[C@@H](NC(=O)c2ccccc2)c2ccccc2)cc1. The van der Waals surface area contributed by atoms with Crippen LogP contribution in [0.5, 0.6) is 0 Å². The number of ether oxygens (including phenoxy) is 7. The smallest absolute Gasteiger partial charge is 0.350 e. The number of carbonyl (C=O) groups excluding carboxylic acids is 11. The number of hydrogen-bond donors (Lipinski definition) is 3. The summed E-state index contributed by atoms with van der Waals surface area (Å²) in [5.74, 6) is -12.8. The molecule has 650 valence electrons. The fourth-order valence-electron chi connectivity index (χ4n) is 17.0. The summed E-state index contributed by atoms with van der Waals surface area (Å²) in [6.07, 6.45) is 2.12. The molecule has 5 aromatic rings. The number of ketones is 2. The molecule has 2 amide bonds. The zero-order chi connectivity index (χ0) is 87.2. The lowest BCUT2D eigenvalue weighted by molar-refractivity contribution is -0.870. The van der Waals surface area contributed by atoms with E-state index in [0.29, 0.717) is 35.0 Å². The van der Waals surface area contributed by atoms with E-state index in [0.717, 1.165) is 39.5 Å². The molecule has 0 spiro atoms. The number of phosphoric ester groups is 1. The van der Waals surface area contributed by atoms with Gasteiger partial charge in [0.2, 0.25) is 12.0 Å². The molecule has 5 aromatic carbocycles. The first-order valence-electron chi connectivity index (χ1n) is 41.9. The number of amides is 2. The lowest BCUT2D eigenvalue weighted by atomic mass is 9.44. The number of quaternary nitrogens is 1. The molecule has 9 rings (SSSR count). The summed E-state index contributed by atoms with van der Waals surface area (Å²) in [6, 6.07) is 33.5. The number of carboxylic acid groups (broad SMARTS) is 1. The van der Waals surface area contributed by atoms with E-state index < -0.39 is 195 Å². The molecule has 0 radical (unpaired) electrons. The van der Waals surface area contributed by atoms with E-state index in [1.54, 1.807) is 78.9 Å². The zero-order valence-corrected chi connectivity index (χ0v) is 71.5. The molecule has 2 bridgehead atoms. The van der Waals surface area contributed by atoms with Gasteiger partial charge in [-0.25, -0.2) is 9.59 Å². The summed E-state index contributed by atoms with van der Waals surface area (Å²) in [5, 5.41) is 31.6. The second-order valence-electron chi connectivity index (χ2n) is 33.8. The Labute approximate surface area is 702 Å². The molecule has 1 heterocycles. The van der Waals surface area contributed by atoms with Gasteiger partial charge in [-0.2, -0.15) is 0 Å². The van der Waals surface area contributed by atoms with Crippen molar-refractivity contribution < 1.29 is 119 Å². The minimum atomic E-state index is -4.81. The number of hydrogen-bond acceptors (Lipinski definition) is 24. The third-order valence-electron chi connectivity index (χ3n) is 23.6. The highest BCUT2D eigenvalue weighted by atomic mass is 31.2. The van der Waals surface area contributed by atoms with Crippen molar-refractivity contribution in [2.45, 2.75) is 256 Å². The molecule has 27 nitrogen and oxygen atoms in total. The third-order valence-corrected chi connectivity index (χ3v) is 24.6. The van der Waals surface area contributed by atoms with Crippen LogP contribution < -0.4 is 20.6 Å². The first-order chi connectivity index (χ1) is 57.0. The van der Waals surface area contributed by atoms with Crippen LogP contribution in [0.25, 0.3) is 0 Å². The summed E-state index contributed by atoms with van der Waals surface area (Å²) in [4.78, 5) is 171. The van der Waals surface area contributed by atoms with Gasteiger partial charge in [0.25, 0.3) is 13.7 Å². The van der Waals surface area contributed by atoms with Gasteiger partial charge >= 0.3 is 35.8 Å². The van der Waals surface area contributed by atoms with Gasteiger partial charge in [-0.05, 0) is 90.1 Å². The van der Waals surface area contributed by atoms with Crippen molar-refractivity contribution in [3.63, 3.8) is 0 Å². The molecule has 13 atom stereocenters. The fourth-order valence-corrected chi connectivity index (χ4v) is 17.9. The molecular formula is C92H117N3O24P-. The summed E-state index contributed by atoms with van der Waals surface area (Å²) in [6.45, 7) is 9.88. The van der Waals surface area contributed by atoms with Crippen molar-refractivity contribution in [3.05, 3.63) is 184 Å². The molecule has 3 unspecified atom stereocenters. The second-order valence-corrected chi connectivity index (χ2v) is 35.1. The Kier molecular flexibility index (Phi) is 33.6. The van der Waals surface area contributed by atoms with Gasteiger partial charge in [0.05, 0.1) is 69.6 Å². The minimum absolute atomic E-state index is 0.0161. The van der Waals surface area contributed by atoms with E-state index in [2.05, 4.69) is 17.6 Å². The van der Waals surface area contributed by atoms with Crippen LogP contribution in [-0.4, -0.2) is 163 Å². The normalized spacial score (nSPS) is 22.9. The number of likely N-dealkylation sites (N-methyl/N-ethyl adjacent to an activating group) is 1. The molecule has 1 saturated heterocycles. The van der Waals surface area contributed by atoms with Crippen LogP contribution in [-0.2, 0) is 91.5 Å². The second kappa shape index (κ2) is 42.8. The molecule has 3 aliphatic carbocycles. The summed E-state index contributed by atoms with van der Waals surface area (Å²) < 4.78 is 69.3. The average Bonchev–Trinajstić information content (AvgIpc) is 0.666. The van der Waals surface area contributed by atoms with Gasteiger partial charge in [-0.15, -0.1) is 0 Å². The highest BCUT2D eigenvalue weighted by Gasteiger charge is 2.79. The van der Waals surface area contributed by atoms with Gasteiger partial charge in [-0.1, -0.05) is 220 Å². The maximum Gasteiger partial charge on any atom is 0.350 e. The first-order valence-corrected chi connectivity index (χ1v) is 43.4. The van der Waals surface area contributed by atoms with E-state index in [9.17, 15) is 58.0 Å². The van der Waals surface area contributed by atoms with Crippen LogP contribution >= 0.6 is 7.82 Å². The van der Waals surface area contributed by atoms with Crippen molar-refractivity contribution in [2.24, 2.45) is 16.7 Å². The monoisotopic (exact) mass is 1680 g/mol. The van der Waals surface area contributed by atoms with Crippen LogP contribution in [0.2, 0.25) is 0 Å². The molecule has 3 fully saturated rings. The summed E-state index contributed by atoms with van der Waals surface area (Å²) in [7, 11) is 0.925. The number of esters is 6. The predicted octanol–water partition coefficient (Wildman–Crippen LogP) is 12.7. The lowest BCUT2D eigenvalue weighted by Crippen LogP contribution is -2.82. The van der Waals surface area contributed by atoms with E-state index >= 15 is 14.4 Å². The highest BCUT2D eigenvalue weighted by molar-refractivity contribution is 7.45. The zero-order valence-electron chi connectivity index (χ0n) is 70.6. The number of rotatable bonds is 45. The fraction of sp³-hybridized carbons (Fsp3) is 0.533. The standard InChI is InChI=1S/C92H118N3O24P/c1-11-12-13-14-15-16-17-18-19-20-21-22-23-24-34-41-71(119-120(109,110)112-55-54-95(8,9)10)64-46-48-69(49-47-64)93-75(99)51-53-77(101)116-81(79(65-35-28-25-29-36-65)94-85(103)66-37-30-26-31-38-66)88(107)114-72-58-92(108)84(117-87(106)68-39-32-27-33-40-68)82-90(7,83(102)80(113-61(3)96)78(60(72)2)89(92,5)6)73(57-74-91(82,59-111-74)118-62(4)97)115-76(100)52-50-70(98)56-63-42-44-67(45-43-63)86(104)105/h25-33,35-40,42-49,71-74,79-82,84,108H,11-24,34,41,50-59H2,1-10H3,(H3-,93,94,99,103,104,105,109,110)/p-1/t71?,72-,73-,74+,79-,80+,81+,82?,84-,90+,91-,92+/m0/s1. The summed E-state index contributed by atoms with van der Waals surface area (Å²) in [5.41, 5.74) is -7.89. The van der Waals surface area contributed by atoms with Crippen molar-refractivity contribution in [2.75, 3.05) is 46.2 Å². The van der Waals surface area contributed by atoms with Gasteiger partial charge in [0.15, 0.2) is 17.5 Å². The Morgan fingerprint density at radius 2 is 1.22 bits per heavy atom. The van der Waals surface area contributed by atoms with Crippen LogP contribution in [0.15, 0.2) is 151 Å². The van der Waals surface area contributed by atoms with E-state index in [4.69, 9.17) is 42.2 Å². The number of nitrogens with zero attached hydrogens (tertiary/aromatic N) is 1. The number of benzene rings is 5. The molecule has 0 aromatic heterocycles. The van der Waals surface area contributed by atoms with Crippen LogP contribution in [0.4, 0.5) is 5.69 Å². The Hall–Kier alpha value is -9.60. The summed E-state index contributed by atoms with van der Waals surface area (Å²) >= 11 is 0. The number of Topliss-reactive ketones (excluding diaryl/α,β-unsaturated/α-hetero) is 2. The third kappa shape index (κ3) is 24.6. The van der Waals surface area contributed by atoms with Gasteiger partial charge in [-0.3, -0.25) is 42.9 Å². The number of phosphoric acid groups is 1. The number of carboxylic acids is 1. The highest BCUT2D eigenvalue weighted by Crippen LogP contribution is 2.65. The molecule has 28 heteroatoms. The maximum atomic E-state index is 16.8. The number of aromatic carboxylic acids is 1. The minimum Gasteiger partial charge on any atom is -0.756 e. The van der Waals surface area contributed by atoms with E-state index in [1.165, 1.54) is 153 Å². The van der Waals surface area contributed by atoms with Gasteiger partial charge in [0.1, 0.15) is 55.0 Å². The number of anilines is 1. The Balaban J connectivity index is 1.01. The molecule has 4 aliphatic rings.